The van der Waals surface area contributed by atoms with Gasteiger partial charge in [0.1, 0.15) is 22.4 Å². The molecular formula is C17H19N3O4S. The Hall–Kier alpha value is -2.21. The van der Waals surface area contributed by atoms with Crippen molar-refractivity contribution in [2.24, 2.45) is 0 Å². The van der Waals surface area contributed by atoms with E-state index in [9.17, 15) is 9.90 Å². The fraction of sp³-hybridized carbons (Fsp3) is 0.471. The molecule has 0 radical (unpaired) electrons. The quantitative estimate of drug-likeness (QED) is 0.343. The van der Waals surface area contributed by atoms with Gasteiger partial charge in [0.25, 0.3) is 6.10 Å². The first-order chi connectivity index (χ1) is 12.1. The second-order valence-electron chi connectivity index (χ2n) is 5.81. The zero-order valence-electron chi connectivity index (χ0n) is 13.8. The standard InChI is InChI=1S/C17H19N3O4S/c1-23-9-14-17(22)20(10-24-14)11-5-6-12-15(8-11)25-16(19-12)13(21)4-2-3-7-18/h6,8,10,13-14,21H,2-5,9H2,1H3. The molecule has 2 aliphatic rings. The number of aliphatic hydroxyl groups excluding tert-OH is 1. The largest absolute Gasteiger partial charge is 0.637 e. The van der Waals surface area contributed by atoms with Crippen LogP contribution in [0.5, 0.6) is 0 Å². The number of nitrogens with zero attached hydrogens (tertiary/aromatic N) is 3. The maximum absolute atomic E-state index is 12.3. The van der Waals surface area contributed by atoms with Gasteiger partial charge >= 0.3 is 12.3 Å². The summed E-state index contributed by atoms with van der Waals surface area (Å²) in [5, 5.41) is 19.4. The molecule has 0 fully saturated rings. The number of ether oxygens (including phenoxy) is 2. The Morgan fingerprint density at radius 1 is 1.68 bits per heavy atom. The van der Waals surface area contributed by atoms with Crippen LogP contribution in [-0.2, 0) is 14.3 Å². The molecule has 7 nitrogen and oxygen atoms in total. The maximum Gasteiger partial charge on any atom is 0.438 e. The van der Waals surface area contributed by atoms with Gasteiger partial charge in [0, 0.05) is 13.5 Å². The molecule has 2 unspecified atom stereocenters. The topological polar surface area (TPSA) is 96.7 Å². The first-order valence-corrected chi connectivity index (χ1v) is 8.86. The lowest BCUT2D eigenvalue weighted by Gasteiger charge is -2.19. The molecule has 0 saturated heterocycles. The summed E-state index contributed by atoms with van der Waals surface area (Å²) in [7, 11) is 1.53. The fourth-order valence-corrected chi connectivity index (χ4v) is 3.75. The van der Waals surface area contributed by atoms with Crippen LogP contribution in [0.3, 0.4) is 0 Å². The molecule has 3 rings (SSSR count). The Balaban J connectivity index is 1.73. The van der Waals surface area contributed by atoms with Gasteiger partial charge in [0.05, 0.1) is 17.6 Å². The number of aromatic nitrogens is 1. The van der Waals surface area contributed by atoms with Crippen LogP contribution in [0.2, 0.25) is 0 Å². The first-order valence-electron chi connectivity index (χ1n) is 8.04. The monoisotopic (exact) mass is 361 g/mol. The van der Waals surface area contributed by atoms with E-state index in [0.29, 0.717) is 30.7 Å². The summed E-state index contributed by atoms with van der Waals surface area (Å²) in [6.07, 6.45) is 6.15. The number of nitriles is 1. The summed E-state index contributed by atoms with van der Waals surface area (Å²) < 4.78 is 11.8. The molecule has 0 saturated carbocycles. The van der Waals surface area contributed by atoms with Crippen molar-refractivity contribution in [1.29, 1.82) is 5.26 Å². The van der Waals surface area contributed by atoms with Crippen LogP contribution in [-0.4, -0.2) is 41.8 Å². The van der Waals surface area contributed by atoms with E-state index in [-0.39, 0.29) is 12.5 Å². The van der Waals surface area contributed by atoms with Crippen LogP contribution in [0.25, 0.3) is 6.08 Å². The molecule has 25 heavy (non-hydrogen) atoms. The number of unbranched alkanes of at least 4 members (excludes halogenated alkanes) is 1. The third-order valence-electron chi connectivity index (χ3n) is 4.02. The van der Waals surface area contributed by atoms with Crippen LogP contribution < -0.4 is 4.98 Å². The van der Waals surface area contributed by atoms with E-state index in [2.05, 4.69) is 11.1 Å². The van der Waals surface area contributed by atoms with Crippen molar-refractivity contribution < 1.29 is 24.0 Å². The number of carbonyl (C=O) groups is 1. The minimum absolute atomic E-state index is 0.147. The van der Waals surface area contributed by atoms with E-state index in [1.807, 2.05) is 12.5 Å². The molecule has 0 bridgehead atoms. The normalized spacial score (nSPS) is 20.0. The number of rotatable bonds is 7. The van der Waals surface area contributed by atoms with Gasteiger partial charge in [-0.25, -0.2) is 16.9 Å². The van der Waals surface area contributed by atoms with Crippen LogP contribution in [0.15, 0.2) is 5.70 Å². The van der Waals surface area contributed by atoms with E-state index in [1.54, 1.807) is 0 Å². The summed E-state index contributed by atoms with van der Waals surface area (Å²) in [5.74, 6) is -0.147. The second kappa shape index (κ2) is 7.78. The third-order valence-corrected chi connectivity index (χ3v) is 5.14. The van der Waals surface area contributed by atoms with Gasteiger partial charge in [0.2, 0.25) is 0 Å². The highest BCUT2D eigenvalue weighted by Crippen LogP contribution is 2.33. The predicted octanol–water partition coefficient (Wildman–Crippen LogP) is 1.62. The number of hydrogen-bond acceptors (Lipinski definition) is 5. The van der Waals surface area contributed by atoms with Crippen molar-refractivity contribution in [2.75, 3.05) is 13.7 Å². The van der Waals surface area contributed by atoms with Crippen LogP contribution in [0.4, 0.5) is 0 Å². The Morgan fingerprint density at radius 3 is 3.28 bits per heavy atom. The number of hydrogen-bond donors (Lipinski definition) is 1. The molecule has 1 N–H and O–H groups in total. The third kappa shape index (κ3) is 3.74. The Morgan fingerprint density at radius 2 is 2.52 bits per heavy atom. The highest BCUT2D eigenvalue weighted by Gasteiger charge is 2.39. The summed E-state index contributed by atoms with van der Waals surface area (Å²) in [6.45, 7) is 0.216. The van der Waals surface area contributed by atoms with E-state index in [0.717, 1.165) is 16.3 Å². The molecule has 1 aromatic rings. The number of aliphatic hydroxyl groups is 1. The molecule has 1 aliphatic heterocycles. The molecule has 2 heterocycles. The first kappa shape index (κ1) is 17.6. The average Bonchev–Trinajstić information content (AvgIpc) is 3.19. The molecule has 132 valence electrons. The molecule has 8 heteroatoms. The van der Waals surface area contributed by atoms with Gasteiger partial charge in [-0.2, -0.15) is 5.26 Å². The van der Waals surface area contributed by atoms with Crippen molar-refractivity contribution in [1.82, 2.24) is 4.98 Å². The minimum Gasteiger partial charge on any atom is -0.637 e. The summed E-state index contributed by atoms with van der Waals surface area (Å²) in [6, 6.07) is 2.07. The maximum atomic E-state index is 12.3. The molecule has 0 aromatic carbocycles. The van der Waals surface area contributed by atoms with Gasteiger partial charge in [-0.15, -0.1) is 4.58 Å². The van der Waals surface area contributed by atoms with E-state index < -0.39 is 12.2 Å². The molecular weight excluding hydrogens is 342 g/mol. The lowest BCUT2D eigenvalue weighted by molar-refractivity contribution is -0.392. The molecule has 1 amide bonds. The van der Waals surface area contributed by atoms with Crippen LogP contribution in [0.1, 0.15) is 47.4 Å². The van der Waals surface area contributed by atoms with Gasteiger partial charge < -0.3 is 19.6 Å². The number of thiazole rings is 1. The van der Waals surface area contributed by atoms with Gasteiger partial charge in [-0.05, 0) is 25.3 Å². The van der Waals surface area contributed by atoms with E-state index >= 15 is 0 Å². The summed E-state index contributed by atoms with van der Waals surface area (Å²) in [4.78, 5) is 17.7. The Bertz CT molecular complexity index is 762. The van der Waals surface area contributed by atoms with Crippen molar-refractivity contribution in [3.63, 3.8) is 0 Å². The lowest BCUT2D eigenvalue weighted by Crippen LogP contribution is -2.29. The van der Waals surface area contributed by atoms with Crippen molar-refractivity contribution in [3.05, 3.63) is 27.7 Å². The van der Waals surface area contributed by atoms with Crippen LogP contribution >= 0.6 is 11.3 Å². The fourth-order valence-electron chi connectivity index (χ4n) is 2.70. The summed E-state index contributed by atoms with van der Waals surface area (Å²) >= 11 is 1.41. The zero-order chi connectivity index (χ0) is 17.8. The zero-order valence-corrected chi connectivity index (χ0v) is 14.7. The number of amides is 1. The number of methoxy groups -OCH3 is 1. The Kier molecular flexibility index (Phi) is 5.48. The molecule has 2 atom stereocenters. The van der Waals surface area contributed by atoms with E-state index in [1.165, 1.54) is 29.4 Å². The SMILES string of the molecule is COCC1OC=[N+](C2=Cc3[s+]c(C(O)CCCC#N)[n-]c3[CH-]C2)C1=O. The van der Waals surface area contributed by atoms with Crippen molar-refractivity contribution in [3.8, 4) is 6.07 Å². The highest BCUT2D eigenvalue weighted by molar-refractivity contribution is 7.12. The molecule has 1 aliphatic carbocycles. The number of fused-ring (bicyclic) bond motifs is 1. The highest BCUT2D eigenvalue weighted by atomic mass is 32.1. The minimum atomic E-state index is -0.663. The number of carbonyl (C=O) groups excluding carboxylic acids is 1. The molecule has 1 aromatic heterocycles. The van der Waals surface area contributed by atoms with Crippen LogP contribution in [0, 0.1) is 17.8 Å². The number of allylic oxidation sites excluding steroid dienone is 1. The Labute approximate surface area is 149 Å². The van der Waals surface area contributed by atoms with E-state index in [4.69, 9.17) is 14.7 Å². The van der Waals surface area contributed by atoms with Gasteiger partial charge in [-0.3, -0.25) is 0 Å². The summed E-state index contributed by atoms with van der Waals surface area (Å²) in [5.41, 5.74) is 1.63. The van der Waals surface area contributed by atoms with Gasteiger partial charge in [-0.1, -0.05) is 0 Å². The molecule has 0 spiro atoms. The van der Waals surface area contributed by atoms with Crippen molar-refractivity contribution in [2.45, 2.75) is 37.9 Å². The lowest BCUT2D eigenvalue weighted by atomic mass is 10.1. The average molecular weight is 361 g/mol. The smallest absolute Gasteiger partial charge is 0.438 e. The second-order valence-corrected chi connectivity index (χ2v) is 6.87. The van der Waals surface area contributed by atoms with Crippen molar-refractivity contribution >= 4 is 29.7 Å². The predicted molar refractivity (Wildman–Crippen MR) is 90.5 cm³/mol. The van der Waals surface area contributed by atoms with Gasteiger partial charge in [0.15, 0.2) is 5.70 Å².